The van der Waals surface area contributed by atoms with Crippen molar-refractivity contribution in [3.63, 3.8) is 0 Å². The molecular weight excluding hydrogens is 377 g/mol. The molecule has 0 radical (unpaired) electrons. The van der Waals surface area contributed by atoms with Crippen LogP contribution >= 0.6 is 22.6 Å². The van der Waals surface area contributed by atoms with Crippen LogP contribution in [0, 0.1) is 3.57 Å². The fourth-order valence-corrected chi connectivity index (χ4v) is 2.92. The Balaban J connectivity index is 1.85. The number of aliphatic imine (C=N–C) groups is 1. The minimum atomic E-state index is 0.287. The average molecular weight is 399 g/mol. The number of ether oxygens (including phenoxy) is 1. The van der Waals surface area contributed by atoms with Crippen LogP contribution in [0.1, 0.15) is 12.8 Å². The summed E-state index contributed by atoms with van der Waals surface area (Å²) in [4.78, 5) is 6.59. The molecule has 1 saturated heterocycles. The average Bonchev–Trinajstić information content (AvgIpc) is 2.52. The molecule has 0 amide bonds. The predicted octanol–water partition coefficient (Wildman–Crippen LogP) is 2.90. The van der Waals surface area contributed by atoms with E-state index in [1.165, 1.54) is 3.57 Å². The van der Waals surface area contributed by atoms with Crippen LogP contribution in [-0.4, -0.2) is 43.6 Å². The smallest absolute Gasteiger partial charge is 0.193 e. The third kappa shape index (κ3) is 4.62. The highest BCUT2D eigenvalue weighted by Crippen LogP contribution is 2.24. The Bertz CT molecular complexity index is 496. The number of nitrogens with zero attached hydrogens (tertiary/aromatic N) is 2. The molecule has 0 aliphatic carbocycles. The monoisotopic (exact) mass is 399 g/mol. The first-order chi connectivity index (χ1) is 10.2. The lowest BCUT2D eigenvalue weighted by Crippen LogP contribution is -2.47. The number of nitrogens with one attached hydrogen (secondary N) is 1. The van der Waals surface area contributed by atoms with Gasteiger partial charge in [0.1, 0.15) is 11.9 Å². The van der Waals surface area contributed by atoms with E-state index in [0.29, 0.717) is 0 Å². The second-order valence-corrected chi connectivity index (χ2v) is 6.11. The Morgan fingerprint density at radius 2 is 2.19 bits per heavy atom. The number of hydrogen-bond donors (Lipinski definition) is 1. The summed E-state index contributed by atoms with van der Waals surface area (Å²) >= 11 is 2.32. The lowest BCUT2D eigenvalue weighted by Gasteiger charge is -2.34. The maximum absolute atomic E-state index is 6.12. The lowest BCUT2D eigenvalue weighted by molar-refractivity contribution is 0.128. The van der Waals surface area contributed by atoms with E-state index in [1.807, 2.05) is 31.3 Å². The van der Waals surface area contributed by atoms with Gasteiger partial charge in [0.15, 0.2) is 5.96 Å². The number of hydrogen-bond acceptors (Lipinski definition) is 2. The Morgan fingerprint density at radius 3 is 2.81 bits per heavy atom. The Hall–Kier alpha value is -1.24. The molecule has 1 aliphatic rings. The molecule has 0 aromatic heterocycles. The van der Waals surface area contributed by atoms with Crippen molar-refractivity contribution >= 4 is 28.6 Å². The van der Waals surface area contributed by atoms with Gasteiger partial charge in [-0.15, -0.1) is 6.58 Å². The molecule has 1 aromatic carbocycles. The van der Waals surface area contributed by atoms with E-state index in [2.05, 4.69) is 50.4 Å². The van der Waals surface area contributed by atoms with Gasteiger partial charge in [-0.05, 0) is 34.7 Å². The first-order valence-electron chi connectivity index (χ1n) is 7.22. The van der Waals surface area contributed by atoms with Gasteiger partial charge in [-0.3, -0.25) is 4.99 Å². The van der Waals surface area contributed by atoms with Gasteiger partial charge >= 0.3 is 0 Å². The molecule has 114 valence electrons. The summed E-state index contributed by atoms with van der Waals surface area (Å²) in [5.41, 5.74) is 0. The van der Waals surface area contributed by atoms with Crippen molar-refractivity contribution in [1.82, 2.24) is 10.2 Å². The number of benzene rings is 1. The highest BCUT2D eigenvalue weighted by atomic mass is 127. The topological polar surface area (TPSA) is 36.9 Å². The molecule has 1 aliphatic heterocycles. The minimum Gasteiger partial charge on any atom is -0.489 e. The van der Waals surface area contributed by atoms with Gasteiger partial charge in [0.25, 0.3) is 0 Å². The summed E-state index contributed by atoms with van der Waals surface area (Å²) in [7, 11) is 1.82. The van der Waals surface area contributed by atoms with Crippen molar-refractivity contribution in [1.29, 1.82) is 0 Å². The number of para-hydroxylation sites is 1. The number of likely N-dealkylation sites (tertiary alicyclic amines) is 1. The SMILES string of the molecule is C=CCNC(=NC)N1CCC(Oc2ccccc2I)CC1. The van der Waals surface area contributed by atoms with E-state index in [0.717, 1.165) is 44.2 Å². The second-order valence-electron chi connectivity index (χ2n) is 4.95. The molecular formula is C16H22IN3O. The fourth-order valence-electron chi connectivity index (χ4n) is 2.40. The Labute approximate surface area is 140 Å². The van der Waals surface area contributed by atoms with E-state index >= 15 is 0 Å². The summed E-state index contributed by atoms with van der Waals surface area (Å²) in [6, 6.07) is 8.17. The summed E-state index contributed by atoms with van der Waals surface area (Å²) in [6.07, 6.45) is 4.16. The molecule has 21 heavy (non-hydrogen) atoms. The van der Waals surface area contributed by atoms with Crippen molar-refractivity contribution in [2.45, 2.75) is 18.9 Å². The van der Waals surface area contributed by atoms with Crippen molar-refractivity contribution in [3.8, 4) is 5.75 Å². The van der Waals surface area contributed by atoms with Crippen molar-refractivity contribution in [2.75, 3.05) is 26.7 Å². The van der Waals surface area contributed by atoms with Crippen LogP contribution in [0.3, 0.4) is 0 Å². The summed E-state index contributed by atoms with van der Waals surface area (Å²) in [5, 5.41) is 3.28. The van der Waals surface area contributed by atoms with Crippen molar-refractivity contribution in [3.05, 3.63) is 40.5 Å². The van der Waals surface area contributed by atoms with Crippen LogP contribution < -0.4 is 10.1 Å². The maximum atomic E-state index is 6.12. The zero-order chi connectivity index (χ0) is 15.1. The summed E-state index contributed by atoms with van der Waals surface area (Å²) in [5.74, 6) is 1.94. The molecule has 5 heteroatoms. The van der Waals surface area contributed by atoms with E-state index in [4.69, 9.17) is 4.74 Å². The number of piperidine rings is 1. The van der Waals surface area contributed by atoms with Gasteiger partial charge in [-0.1, -0.05) is 18.2 Å². The standard InChI is InChI=1S/C16H22IN3O/c1-3-10-19-16(18-2)20-11-8-13(9-12-20)21-15-7-5-4-6-14(15)17/h3-7,13H,1,8-12H2,2H3,(H,18,19). The third-order valence-corrected chi connectivity index (χ3v) is 4.38. The third-order valence-electron chi connectivity index (χ3n) is 3.49. The number of halogens is 1. The van der Waals surface area contributed by atoms with Crippen LogP contribution in [0.2, 0.25) is 0 Å². The molecule has 4 nitrogen and oxygen atoms in total. The van der Waals surface area contributed by atoms with Crippen LogP contribution in [0.25, 0.3) is 0 Å². The number of rotatable bonds is 4. The largest absolute Gasteiger partial charge is 0.489 e. The van der Waals surface area contributed by atoms with Gasteiger partial charge in [-0.2, -0.15) is 0 Å². The molecule has 2 rings (SSSR count). The molecule has 0 unspecified atom stereocenters. The highest BCUT2D eigenvalue weighted by Gasteiger charge is 2.22. The van der Waals surface area contributed by atoms with Gasteiger partial charge in [0.2, 0.25) is 0 Å². The van der Waals surface area contributed by atoms with Gasteiger partial charge in [-0.25, -0.2) is 0 Å². The summed E-state index contributed by atoms with van der Waals surface area (Å²) < 4.78 is 7.29. The van der Waals surface area contributed by atoms with Crippen LogP contribution in [0.5, 0.6) is 5.75 Å². The molecule has 1 N–H and O–H groups in total. The lowest BCUT2D eigenvalue weighted by atomic mass is 10.1. The molecule has 0 bridgehead atoms. The Morgan fingerprint density at radius 1 is 1.48 bits per heavy atom. The molecule has 0 saturated carbocycles. The molecule has 1 aromatic rings. The van der Waals surface area contributed by atoms with Gasteiger partial charge in [0, 0.05) is 39.5 Å². The molecule has 0 atom stereocenters. The fraction of sp³-hybridized carbons (Fsp3) is 0.438. The van der Waals surface area contributed by atoms with E-state index in [9.17, 15) is 0 Å². The second kappa shape index (κ2) is 8.26. The molecule has 1 fully saturated rings. The summed E-state index contributed by atoms with van der Waals surface area (Å²) in [6.45, 7) is 6.39. The zero-order valence-corrected chi connectivity index (χ0v) is 14.5. The van der Waals surface area contributed by atoms with E-state index < -0.39 is 0 Å². The minimum absolute atomic E-state index is 0.287. The molecule has 0 spiro atoms. The van der Waals surface area contributed by atoms with E-state index in [-0.39, 0.29) is 6.10 Å². The maximum Gasteiger partial charge on any atom is 0.193 e. The van der Waals surface area contributed by atoms with Gasteiger partial charge in [0.05, 0.1) is 3.57 Å². The predicted molar refractivity (Wildman–Crippen MR) is 95.9 cm³/mol. The highest BCUT2D eigenvalue weighted by molar-refractivity contribution is 14.1. The number of guanidine groups is 1. The quantitative estimate of drug-likeness (QED) is 0.366. The van der Waals surface area contributed by atoms with Crippen LogP contribution in [0.4, 0.5) is 0 Å². The molecule has 1 heterocycles. The van der Waals surface area contributed by atoms with E-state index in [1.54, 1.807) is 0 Å². The Kier molecular flexibility index (Phi) is 6.35. The zero-order valence-electron chi connectivity index (χ0n) is 12.4. The van der Waals surface area contributed by atoms with Crippen LogP contribution in [-0.2, 0) is 0 Å². The van der Waals surface area contributed by atoms with Crippen molar-refractivity contribution in [2.24, 2.45) is 4.99 Å². The first-order valence-corrected chi connectivity index (χ1v) is 8.30. The normalized spacial score (nSPS) is 16.7. The first kappa shape index (κ1) is 16.1. The van der Waals surface area contributed by atoms with Crippen molar-refractivity contribution < 1.29 is 4.74 Å². The van der Waals surface area contributed by atoms with Crippen LogP contribution in [0.15, 0.2) is 41.9 Å². The van der Waals surface area contributed by atoms with Gasteiger partial charge < -0.3 is 15.0 Å².